The van der Waals surface area contributed by atoms with Crippen LogP contribution >= 0.6 is 7.29 Å². The van der Waals surface area contributed by atoms with Crippen molar-refractivity contribution in [1.29, 1.82) is 5.26 Å². The molecule has 0 saturated carbocycles. The maximum absolute atomic E-state index is 15.8. The zero-order valence-electron chi connectivity index (χ0n) is 52.4. The van der Waals surface area contributed by atoms with Gasteiger partial charge in [-0.15, -0.1) is 0 Å². The lowest BCUT2D eigenvalue weighted by Gasteiger charge is -2.43. The first-order valence-corrected chi connectivity index (χ1v) is 31.9. The maximum Gasteiger partial charge on any atom is 0.280 e. The highest BCUT2D eigenvalue weighted by Gasteiger charge is 2.55. The number of hydrogen-bond donors (Lipinski definition) is 4. The van der Waals surface area contributed by atoms with Gasteiger partial charge < -0.3 is 48.4 Å². The van der Waals surface area contributed by atoms with Gasteiger partial charge in [0.2, 0.25) is 17.8 Å². The molecule has 8 atom stereocenters. The van der Waals surface area contributed by atoms with Crippen molar-refractivity contribution in [3.63, 3.8) is 0 Å². The van der Waals surface area contributed by atoms with E-state index in [-0.39, 0.29) is 66.9 Å². The Balaban J connectivity index is 1.03. The van der Waals surface area contributed by atoms with Crippen molar-refractivity contribution < 1.29 is 52.1 Å². The van der Waals surface area contributed by atoms with Crippen LogP contribution < -0.4 is 31.0 Å². The van der Waals surface area contributed by atoms with E-state index in [9.17, 15) is 19.6 Å². The molecule has 0 spiro atoms. The van der Waals surface area contributed by atoms with Crippen molar-refractivity contribution in [3.8, 4) is 17.6 Å². The Labute approximate surface area is 526 Å². The molecule has 6 heterocycles. The Bertz CT molecular complexity index is 3930. The van der Waals surface area contributed by atoms with E-state index >= 15 is 9.36 Å². The second kappa shape index (κ2) is 28.2. The lowest BCUT2D eigenvalue weighted by molar-refractivity contribution is -0.125. The quantitative estimate of drug-likeness (QED) is 0.0292. The molecule has 0 aliphatic carbocycles. The molecule has 2 aliphatic heterocycles. The molecule has 2 saturated heterocycles. The summed E-state index contributed by atoms with van der Waals surface area (Å²) < 4.78 is 66.4. The third-order valence-electron chi connectivity index (χ3n) is 17.0. The van der Waals surface area contributed by atoms with Gasteiger partial charge in [-0.3, -0.25) is 38.6 Å². The molecular weight excluding hydrogens is 1190 g/mol. The first kappa shape index (κ1) is 65.2. The summed E-state index contributed by atoms with van der Waals surface area (Å²) in [5.74, 6) is -1.13. The SMILES string of the molecule is COc1ccc(C(OC[C@H]2O[C@@H](n3cnc4c(NC(=O)c5ccccc5)ncnc43)[C@H](OC)[C@@H]2CC(=O)NC[C@H]2O[C@@H](n3cnc4c(=O)[nH]c(NC(=O)C(C)C)nc43)[C@H](OC)[C@@H]2N(CCC#N)P(=O)(C(C)C)C(C)C)(c2ccccc2)c2ccc(OC)cc2)cc1. The average Bonchev–Trinajstić information content (AvgIpc) is 1.74. The second-order valence-corrected chi connectivity index (χ2v) is 27.1. The summed E-state index contributed by atoms with van der Waals surface area (Å²) in [6.07, 6.45) is -1.82. The number of methoxy groups -OCH3 is 4. The Hall–Kier alpha value is -8.73. The molecule has 91 heavy (non-hydrogen) atoms. The first-order valence-electron chi connectivity index (χ1n) is 30.1. The molecular formula is C65H76N13O12P. The first-order chi connectivity index (χ1) is 43.9. The van der Waals surface area contributed by atoms with E-state index < -0.39 is 96.3 Å². The van der Waals surface area contributed by atoms with Gasteiger partial charge in [0.25, 0.3) is 11.5 Å². The van der Waals surface area contributed by atoms with Gasteiger partial charge in [0.1, 0.15) is 35.6 Å². The molecule has 4 N–H and O–H groups in total. The molecule has 25 nitrogen and oxygen atoms in total. The van der Waals surface area contributed by atoms with Crippen LogP contribution in [0.5, 0.6) is 11.5 Å². The highest BCUT2D eigenvalue weighted by atomic mass is 31.2. The fourth-order valence-corrected chi connectivity index (χ4v) is 15.9. The zero-order valence-corrected chi connectivity index (χ0v) is 53.3. The topological polar surface area (TPSA) is 303 Å². The van der Waals surface area contributed by atoms with Gasteiger partial charge in [-0.2, -0.15) is 10.2 Å². The molecule has 0 radical (unpaired) electrons. The molecule has 2 fully saturated rings. The van der Waals surface area contributed by atoms with E-state index in [2.05, 4.69) is 46.9 Å². The summed E-state index contributed by atoms with van der Waals surface area (Å²) >= 11 is 0. The highest BCUT2D eigenvalue weighted by molar-refractivity contribution is 7.62. The Kier molecular flexibility index (Phi) is 20.2. The Morgan fingerprint density at radius 3 is 1.88 bits per heavy atom. The lowest BCUT2D eigenvalue weighted by atomic mass is 9.79. The maximum atomic E-state index is 15.8. The molecule has 4 aromatic heterocycles. The predicted octanol–water partition coefficient (Wildman–Crippen LogP) is 8.46. The molecule has 0 unspecified atom stereocenters. The third-order valence-corrected chi connectivity index (χ3v) is 21.2. The van der Waals surface area contributed by atoms with Crippen LogP contribution in [0.1, 0.15) is 93.9 Å². The van der Waals surface area contributed by atoms with Gasteiger partial charge in [0.15, 0.2) is 47.9 Å². The Morgan fingerprint density at radius 1 is 0.725 bits per heavy atom. The number of rotatable bonds is 26. The highest BCUT2D eigenvalue weighted by Crippen LogP contribution is 2.61. The number of imidazole rings is 2. The van der Waals surface area contributed by atoms with E-state index in [4.69, 9.17) is 38.1 Å². The minimum absolute atomic E-state index is 0.000965. The van der Waals surface area contributed by atoms with Gasteiger partial charge in [0, 0.05) is 68.9 Å². The number of amides is 3. The van der Waals surface area contributed by atoms with Gasteiger partial charge in [-0.05, 0) is 53.1 Å². The number of aromatic amines is 1. The van der Waals surface area contributed by atoms with Crippen LogP contribution in [-0.4, -0.2) is 151 Å². The van der Waals surface area contributed by atoms with E-state index in [1.165, 1.54) is 37.8 Å². The normalized spacial score (nSPS) is 20.2. The summed E-state index contributed by atoms with van der Waals surface area (Å²) in [5, 5.41) is 18.8. The number of carbonyl (C=O) groups excluding carboxylic acids is 3. The standard InChI is InChI=1S/C65H76N13O12P/c1-38(2)59(80)74-64-73-58-52(61(82)75-64)71-37-77(58)63-55(87-10)53(78(31-17-30-66)91(83,39(3)4)40(5)6)48(89-63)33-67-50(79)32-47-49(90-62(54(47)86-9)76-36-70-51-56(68-35-69-57(51)76)72-60(81)41-18-13-11-14-19-41)34-88-65(42-20-15-12-16-21-42,43-22-26-45(84-7)27-23-43)44-24-28-46(85-8)29-25-44/h11-16,18-29,35-40,47-49,53-55,62-63H,17,31-34H2,1-10H3,(H,67,79)(H,68,69,72,81)(H2,73,74,75,80,82)/t47-,48-,49-,53-,54-,55-,62-,63-/m1/s1. The lowest BCUT2D eigenvalue weighted by Crippen LogP contribution is -2.52. The van der Waals surface area contributed by atoms with Gasteiger partial charge in [-0.25, -0.2) is 24.6 Å². The minimum atomic E-state index is -3.43. The van der Waals surface area contributed by atoms with Gasteiger partial charge in [0.05, 0.1) is 57.8 Å². The molecule has 8 aromatic rings. The molecule has 2 aliphatic rings. The average molecular weight is 1260 g/mol. The number of nitrogens with one attached hydrogen (secondary N) is 4. The van der Waals surface area contributed by atoms with Crippen LogP contribution in [-0.2, 0) is 43.4 Å². The number of hydrogen-bond acceptors (Lipinski definition) is 18. The van der Waals surface area contributed by atoms with Crippen LogP contribution in [0.4, 0.5) is 11.8 Å². The van der Waals surface area contributed by atoms with Crippen LogP contribution in [0, 0.1) is 23.2 Å². The summed E-state index contributed by atoms with van der Waals surface area (Å²) in [6, 6.07) is 35.0. The number of fused-ring (bicyclic) bond motifs is 2. The number of carbonyl (C=O) groups is 3. The van der Waals surface area contributed by atoms with Crippen molar-refractivity contribution in [2.45, 2.75) is 114 Å². The molecule has 3 amide bonds. The molecule has 4 aromatic carbocycles. The van der Waals surface area contributed by atoms with Gasteiger partial charge >= 0.3 is 0 Å². The number of nitrogens with zero attached hydrogens (tertiary/aromatic N) is 9. The number of anilines is 2. The summed E-state index contributed by atoms with van der Waals surface area (Å²) in [6.45, 7) is 10.7. The van der Waals surface area contributed by atoms with Crippen LogP contribution in [0.3, 0.4) is 0 Å². The molecule has 478 valence electrons. The van der Waals surface area contributed by atoms with Crippen molar-refractivity contribution in [1.82, 2.24) is 49.0 Å². The fourth-order valence-electron chi connectivity index (χ4n) is 12.4. The molecule has 0 bridgehead atoms. The minimum Gasteiger partial charge on any atom is -0.497 e. The summed E-state index contributed by atoms with van der Waals surface area (Å²) in [7, 11) is 2.78. The number of aromatic nitrogens is 8. The number of nitriles is 1. The largest absolute Gasteiger partial charge is 0.497 e. The van der Waals surface area contributed by atoms with E-state index in [1.54, 1.807) is 56.9 Å². The predicted molar refractivity (Wildman–Crippen MR) is 339 cm³/mol. The van der Waals surface area contributed by atoms with E-state index in [0.29, 0.717) is 22.7 Å². The summed E-state index contributed by atoms with van der Waals surface area (Å²) in [5.41, 5.74) is 0.579. The number of H-pyrrole nitrogens is 1. The second-order valence-electron chi connectivity index (χ2n) is 23.2. The van der Waals surface area contributed by atoms with Crippen LogP contribution in [0.25, 0.3) is 22.3 Å². The van der Waals surface area contributed by atoms with Crippen LogP contribution in [0.15, 0.2) is 133 Å². The number of benzene rings is 4. The van der Waals surface area contributed by atoms with Crippen molar-refractivity contribution in [2.75, 3.05) is 58.8 Å². The monoisotopic (exact) mass is 1260 g/mol. The van der Waals surface area contributed by atoms with Crippen molar-refractivity contribution in [2.24, 2.45) is 11.8 Å². The van der Waals surface area contributed by atoms with Crippen molar-refractivity contribution in [3.05, 3.63) is 161 Å². The van der Waals surface area contributed by atoms with Gasteiger partial charge in [-0.1, -0.05) is 114 Å². The van der Waals surface area contributed by atoms with Crippen molar-refractivity contribution >= 4 is 59.1 Å². The summed E-state index contributed by atoms with van der Waals surface area (Å²) in [4.78, 5) is 80.5. The smallest absolute Gasteiger partial charge is 0.280 e. The zero-order chi connectivity index (χ0) is 64.7. The van der Waals surface area contributed by atoms with E-state index in [1.807, 2.05) is 117 Å². The fraction of sp³-hybridized carbons (Fsp3) is 0.415. The van der Waals surface area contributed by atoms with E-state index in [0.717, 1.165) is 16.7 Å². The third kappa shape index (κ3) is 13.0. The Morgan fingerprint density at radius 2 is 1.30 bits per heavy atom. The number of ether oxygens (including phenoxy) is 7. The molecule has 26 heteroatoms. The molecule has 10 rings (SSSR count). The van der Waals surface area contributed by atoms with Crippen LogP contribution in [0.2, 0.25) is 0 Å².